The van der Waals surface area contributed by atoms with Crippen molar-refractivity contribution in [3.63, 3.8) is 0 Å². The second-order valence-corrected chi connectivity index (χ2v) is 8.35. The van der Waals surface area contributed by atoms with E-state index in [1.807, 2.05) is 0 Å². The Kier molecular flexibility index (Phi) is 7.00. The van der Waals surface area contributed by atoms with E-state index in [0.717, 1.165) is 6.07 Å². The standard InChI is InChI=1S/C15H22ClFN2O4S/c1-15(2,3)23-14(20)19(4)10-6-9-18-24(21,22)12-8-5-7-11(16)13(12)17/h5,7-8,18H,6,9-10H2,1-4H3. The van der Waals surface area contributed by atoms with Crippen LogP contribution in [0.1, 0.15) is 27.2 Å². The molecule has 0 unspecified atom stereocenters. The quantitative estimate of drug-likeness (QED) is 0.770. The SMILES string of the molecule is CN(CCCNS(=O)(=O)c1cccc(Cl)c1F)C(=O)OC(C)(C)C. The summed E-state index contributed by atoms with van der Waals surface area (Å²) in [5, 5.41) is -0.262. The molecule has 1 rings (SSSR count). The van der Waals surface area contributed by atoms with E-state index in [-0.39, 0.29) is 18.1 Å². The summed E-state index contributed by atoms with van der Waals surface area (Å²) in [6.07, 6.45) is -0.150. The molecule has 0 spiro atoms. The third-order valence-electron chi connectivity index (χ3n) is 2.87. The molecule has 6 nitrogen and oxygen atoms in total. The molecular formula is C15H22ClFN2O4S. The van der Waals surface area contributed by atoms with E-state index in [0.29, 0.717) is 6.42 Å². The maximum Gasteiger partial charge on any atom is 0.410 e. The van der Waals surface area contributed by atoms with Crippen molar-refractivity contribution in [2.75, 3.05) is 20.1 Å². The van der Waals surface area contributed by atoms with Crippen LogP contribution in [0.3, 0.4) is 0 Å². The number of sulfonamides is 1. The summed E-state index contributed by atoms with van der Waals surface area (Å²) in [6, 6.07) is 3.76. The fourth-order valence-electron chi connectivity index (χ4n) is 1.72. The first kappa shape index (κ1) is 20.7. The maximum absolute atomic E-state index is 13.8. The van der Waals surface area contributed by atoms with Crippen LogP contribution in [0.15, 0.2) is 23.1 Å². The first-order valence-corrected chi connectivity index (χ1v) is 9.18. The largest absolute Gasteiger partial charge is 0.444 e. The number of rotatable bonds is 6. The summed E-state index contributed by atoms with van der Waals surface area (Å²) in [6.45, 7) is 5.60. The highest BCUT2D eigenvalue weighted by Crippen LogP contribution is 2.21. The van der Waals surface area contributed by atoms with E-state index in [4.69, 9.17) is 16.3 Å². The normalized spacial score (nSPS) is 12.1. The number of ether oxygens (including phenoxy) is 1. The van der Waals surface area contributed by atoms with Crippen LogP contribution in [0, 0.1) is 5.82 Å². The Balaban J connectivity index is 2.52. The highest BCUT2D eigenvalue weighted by Gasteiger charge is 2.21. The van der Waals surface area contributed by atoms with Crippen molar-refractivity contribution in [1.82, 2.24) is 9.62 Å². The van der Waals surface area contributed by atoms with E-state index in [9.17, 15) is 17.6 Å². The van der Waals surface area contributed by atoms with E-state index in [1.54, 1.807) is 27.8 Å². The number of benzene rings is 1. The Bertz CT molecular complexity index is 689. The van der Waals surface area contributed by atoms with Crippen LogP contribution in [-0.4, -0.2) is 45.1 Å². The van der Waals surface area contributed by atoms with Gasteiger partial charge in [0.1, 0.15) is 10.5 Å². The van der Waals surface area contributed by atoms with Gasteiger partial charge in [0.2, 0.25) is 10.0 Å². The van der Waals surface area contributed by atoms with Crippen molar-refractivity contribution in [3.05, 3.63) is 29.0 Å². The molecule has 0 heterocycles. The van der Waals surface area contributed by atoms with Gasteiger partial charge >= 0.3 is 6.09 Å². The minimum absolute atomic E-state index is 0.0431. The average molecular weight is 381 g/mol. The zero-order chi connectivity index (χ0) is 18.5. The summed E-state index contributed by atoms with van der Waals surface area (Å²) in [5.41, 5.74) is -0.600. The van der Waals surface area contributed by atoms with Gasteiger partial charge in [0.25, 0.3) is 0 Å². The first-order chi connectivity index (χ1) is 10.9. The van der Waals surface area contributed by atoms with Crippen molar-refractivity contribution in [1.29, 1.82) is 0 Å². The summed E-state index contributed by atoms with van der Waals surface area (Å²) in [5.74, 6) is -0.988. The molecule has 1 amide bonds. The highest BCUT2D eigenvalue weighted by atomic mass is 35.5. The molecule has 1 N–H and O–H groups in total. The van der Waals surface area contributed by atoms with Crippen LogP contribution in [0.4, 0.5) is 9.18 Å². The Morgan fingerprint density at radius 3 is 2.58 bits per heavy atom. The number of hydrogen-bond donors (Lipinski definition) is 1. The number of carbonyl (C=O) groups excluding carboxylic acids is 1. The van der Waals surface area contributed by atoms with Crippen LogP contribution < -0.4 is 4.72 Å². The zero-order valence-corrected chi connectivity index (χ0v) is 15.7. The molecule has 136 valence electrons. The third-order valence-corrected chi connectivity index (χ3v) is 4.64. The molecule has 0 saturated carbocycles. The molecule has 0 bridgehead atoms. The smallest absolute Gasteiger partial charge is 0.410 e. The lowest BCUT2D eigenvalue weighted by atomic mass is 10.2. The molecule has 1 aromatic carbocycles. The fourth-order valence-corrected chi connectivity index (χ4v) is 3.13. The zero-order valence-electron chi connectivity index (χ0n) is 14.1. The molecule has 0 aliphatic heterocycles. The second-order valence-electron chi connectivity index (χ2n) is 6.21. The Morgan fingerprint density at radius 2 is 2.00 bits per heavy atom. The molecule has 0 radical (unpaired) electrons. The summed E-state index contributed by atoms with van der Waals surface area (Å²) in [4.78, 5) is 12.6. The fraction of sp³-hybridized carbons (Fsp3) is 0.533. The lowest BCUT2D eigenvalue weighted by molar-refractivity contribution is 0.0298. The van der Waals surface area contributed by atoms with Crippen LogP contribution in [-0.2, 0) is 14.8 Å². The third kappa shape index (κ3) is 6.26. The number of halogens is 2. The van der Waals surface area contributed by atoms with Gasteiger partial charge in [0, 0.05) is 20.1 Å². The van der Waals surface area contributed by atoms with Gasteiger partial charge in [-0.25, -0.2) is 22.3 Å². The predicted octanol–water partition coefficient (Wildman–Crippen LogP) is 3.01. The molecule has 24 heavy (non-hydrogen) atoms. The average Bonchev–Trinajstić information content (AvgIpc) is 2.44. The number of carbonyl (C=O) groups is 1. The van der Waals surface area contributed by atoms with Gasteiger partial charge in [-0.1, -0.05) is 17.7 Å². The van der Waals surface area contributed by atoms with E-state index < -0.39 is 32.4 Å². The van der Waals surface area contributed by atoms with E-state index in [2.05, 4.69) is 4.72 Å². The second kappa shape index (κ2) is 8.13. The molecule has 0 aliphatic carbocycles. The Hall–Kier alpha value is -1.38. The summed E-state index contributed by atoms with van der Waals surface area (Å²) in [7, 11) is -2.45. The summed E-state index contributed by atoms with van der Waals surface area (Å²) >= 11 is 5.59. The molecule has 9 heteroatoms. The van der Waals surface area contributed by atoms with E-state index >= 15 is 0 Å². The van der Waals surface area contributed by atoms with Gasteiger partial charge < -0.3 is 9.64 Å². The monoisotopic (exact) mass is 380 g/mol. The van der Waals surface area contributed by atoms with Crippen LogP contribution in [0.25, 0.3) is 0 Å². The van der Waals surface area contributed by atoms with Gasteiger partial charge in [-0.3, -0.25) is 0 Å². The lowest BCUT2D eigenvalue weighted by Gasteiger charge is -2.24. The lowest BCUT2D eigenvalue weighted by Crippen LogP contribution is -2.36. The van der Waals surface area contributed by atoms with Crippen molar-refractivity contribution >= 4 is 27.7 Å². The number of nitrogens with one attached hydrogen (secondary N) is 1. The van der Waals surface area contributed by atoms with Crippen LogP contribution in [0.5, 0.6) is 0 Å². The van der Waals surface area contributed by atoms with Crippen molar-refractivity contribution < 1.29 is 22.3 Å². The molecule has 0 atom stereocenters. The number of nitrogens with zero attached hydrogens (tertiary/aromatic N) is 1. The maximum atomic E-state index is 13.8. The number of hydrogen-bond acceptors (Lipinski definition) is 4. The summed E-state index contributed by atoms with van der Waals surface area (Å²) < 4.78 is 45.4. The number of amides is 1. The molecule has 0 aliphatic rings. The van der Waals surface area contributed by atoms with Crippen molar-refractivity contribution in [2.45, 2.75) is 37.7 Å². The molecule has 0 fully saturated rings. The van der Waals surface area contributed by atoms with Crippen molar-refractivity contribution in [2.24, 2.45) is 0 Å². The van der Waals surface area contributed by atoms with Gasteiger partial charge in [-0.05, 0) is 39.3 Å². The van der Waals surface area contributed by atoms with Crippen LogP contribution >= 0.6 is 11.6 Å². The van der Waals surface area contributed by atoms with Gasteiger partial charge in [-0.2, -0.15) is 0 Å². The highest BCUT2D eigenvalue weighted by molar-refractivity contribution is 7.89. The Morgan fingerprint density at radius 1 is 1.38 bits per heavy atom. The van der Waals surface area contributed by atoms with Crippen LogP contribution in [0.2, 0.25) is 5.02 Å². The van der Waals surface area contributed by atoms with E-state index in [1.165, 1.54) is 17.0 Å². The topological polar surface area (TPSA) is 75.7 Å². The molecule has 0 saturated heterocycles. The molecule has 1 aromatic rings. The Labute approximate surface area is 147 Å². The van der Waals surface area contributed by atoms with Gasteiger partial charge in [-0.15, -0.1) is 0 Å². The van der Waals surface area contributed by atoms with Gasteiger partial charge in [0.15, 0.2) is 5.82 Å². The minimum Gasteiger partial charge on any atom is -0.444 e. The minimum atomic E-state index is -4.00. The molecule has 0 aromatic heterocycles. The van der Waals surface area contributed by atoms with Crippen molar-refractivity contribution in [3.8, 4) is 0 Å². The van der Waals surface area contributed by atoms with Gasteiger partial charge in [0.05, 0.1) is 5.02 Å². The first-order valence-electron chi connectivity index (χ1n) is 7.32. The molecular weight excluding hydrogens is 359 g/mol. The predicted molar refractivity (Wildman–Crippen MR) is 90.1 cm³/mol.